The Balaban J connectivity index is 2.34. The van der Waals surface area contributed by atoms with Crippen molar-refractivity contribution in [3.63, 3.8) is 0 Å². The molecule has 2 aromatic rings. The normalized spacial score (nSPS) is 11.7. The van der Waals surface area contributed by atoms with Gasteiger partial charge in [0.05, 0.1) is 31.5 Å². The van der Waals surface area contributed by atoms with Crippen LogP contribution in [0, 0.1) is 0 Å². The first-order valence-electron chi connectivity index (χ1n) is 11.1. The zero-order valence-corrected chi connectivity index (χ0v) is 20.8. The lowest BCUT2D eigenvalue weighted by Gasteiger charge is -2.16. The number of nitrogens with zero attached hydrogens (tertiary/aromatic N) is 2. The molecule has 0 aliphatic rings. The summed E-state index contributed by atoms with van der Waals surface area (Å²) in [7, 11) is 0. The number of Topliss-reactive ketones (excluding diaryl/α,β-unsaturated/α-hetero) is 1. The second-order valence-electron chi connectivity index (χ2n) is 6.84. The van der Waals surface area contributed by atoms with Crippen LogP contribution in [0.3, 0.4) is 0 Å². The summed E-state index contributed by atoms with van der Waals surface area (Å²) >= 11 is 6.32. The van der Waals surface area contributed by atoms with E-state index < -0.39 is 17.7 Å². The molecular formula is C24H30ClN3O6. The topological polar surface area (TPSA) is 108 Å². The molecule has 184 valence electrons. The first-order chi connectivity index (χ1) is 16.4. The molecule has 0 fully saturated rings. The summed E-state index contributed by atoms with van der Waals surface area (Å²) in [6.45, 7) is 10.1. The number of carbonyl (C=O) groups is 2. The van der Waals surface area contributed by atoms with Gasteiger partial charge >= 0.3 is 0 Å². The van der Waals surface area contributed by atoms with Gasteiger partial charge in [0.25, 0.3) is 5.91 Å². The van der Waals surface area contributed by atoms with Crippen molar-refractivity contribution in [2.24, 2.45) is 10.2 Å². The molecule has 1 N–H and O–H groups in total. The molecule has 0 saturated heterocycles. The molecule has 0 aliphatic heterocycles. The molecule has 0 aliphatic carbocycles. The number of benzene rings is 2. The molecule has 0 radical (unpaired) electrons. The van der Waals surface area contributed by atoms with Crippen LogP contribution in [0.25, 0.3) is 0 Å². The predicted molar refractivity (Wildman–Crippen MR) is 130 cm³/mol. The third kappa shape index (κ3) is 7.08. The lowest BCUT2D eigenvalue weighted by molar-refractivity contribution is -0.126. The molecule has 0 spiro atoms. The van der Waals surface area contributed by atoms with Crippen LogP contribution in [0.4, 0.5) is 11.4 Å². The number of anilines is 1. The van der Waals surface area contributed by atoms with Crippen LogP contribution < -0.4 is 24.3 Å². The van der Waals surface area contributed by atoms with Crippen molar-refractivity contribution in [1.29, 1.82) is 0 Å². The maximum Gasteiger partial charge on any atom is 0.258 e. The van der Waals surface area contributed by atoms with Gasteiger partial charge in [-0.1, -0.05) is 17.7 Å². The number of amides is 1. The van der Waals surface area contributed by atoms with Crippen LogP contribution in [-0.2, 0) is 9.59 Å². The largest absolute Gasteiger partial charge is 0.491 e. The van der Waals surface area contributed by atoms with Crippen molar-refractivity contribution in [1.82, 2.24) is 0 Å². The van der Waals surface area contributed by atoms with Gasteiger partial charge in [-0.25, -0.2) is 0 Å². The Kier molecular flexibility index (Phi) is 10.6. The highest BCUT2D eigenvalue weighted by atomic mass is 35.5. The molecule has 1 atom stereocenters. The minimum absolute atomic E-state index is 0.260. The maximum atomic E-state index is 12.9. The van der Waals surface area contributed by atoms with E-state index in [-0.39, 0.29) is 5.02 Å². The summed E-state index contributed by atoms with van der Waals surface area (Å²) in [6.07, 6.45) is 0. The summed E-state index contributed by atoms with van der Waals surface area (Å²) in [4.78, 5) is 25.2. The Morgan fingerprint density at radius 2 is 1.47 bits per heavy atom. The van der Waals surface area contributed by atoms with E-state index in [9.17, 15) is 9.59 Å². The zero-order chi connectivity index (χ0) is 25.1. The molecular weight excluding hydrogens is 462 g/mol. The van der Waals surface area contributed by atoms with Crippen LogP contribution in [0.1, 0.15) is 34.6 Å². The van der Waals surface area contributed by atoms with E-state index >= 15 is 0 Å². The number of ketones is 1. The van der Waals surface area contributed by atoms with Crippen LogP contribution >= 0.6 is 11.6 Å². The third-order valence-corrected chi connectivity index (χ3v) is 4.61. The smallest absolute Gasteiger partial charge is 0.258 e. The van der Waals surface area contributed by atoms with Gasteiger partial charge < -0.3 is 24.3 Å². The van der Waals surface area contributed by atoms with Crippen molar-refractivity contribution in [2.45, 2.75) is 40.7 Å². The number of hydrogen-bond acceptors (Lipinski definition) is 8. The van der Waals surface area contributed by atoms with Crippen molar-refractivity contribution in [3.8, 4) is 23.0 Å². The average Bonchev–Trinajstić information content (AvgIpc) is 2.78. The molecule has 1 unspecified atom stereocenters. The molecule has 0 saturated carbocycles. The number of ether oxygens (including phenoxy) is 4. The number of azo groups is 1. The Morgan fingerprint density at radius 1 is 0.912 bits per heavy atom. The first kappa shape index (κ1) is 26.9. The monoisotopic (exact) mass is 491 g/mol. The summed E-state index contributed by atoms with van der Waals surface area (Å²) in [6, 6.07) is 6.87. The Morgan fingerprint density at radius 3 is 2.00 bits per heavy atom. The number of carbonyl (C=O) groups excluding carboxylic acids is 2. The van der Waals surface area contributed by atoms with E-state index in [0.29, 0.717) is 60.8 Å². The lowest BCUT2D eigenvalue weighted by atomic mass is 10.2. The number of halogens is 1. The Hall–Kier alpha value is -3.33. The second kappa shape index (κ2) is 13.4. The molecule has 0 aromatic heterocycles. The van der Waals surface area contributed by atoms with Crippen LogP contribution in [0.5, 0.6) is 23.0 Å². The van der Waals surface area contributed by atoms with Gasteiger partial charge in [-0.2, -0.15) is 5.11 Å². The fraction of sp³-hybridized carbons (Fsp3) is 0.417. The third-order valence-electron chi connectivity index (χ3n) is 4.33. The maximum absolute atomic E-state index is 12.9. The van der Waals surface area contributed by atoms with E-state index in [1.165, 1.54) is 13.0 Å². The molecule has 0 bridgehead atoms. The molecule has 34 heavy (non-hydrogen) atoms. The van der Waals surface area contributed by atoms with E-state index in [2.05, 4.69) is 15.5 Å². The van der Waals surface area contributed by atoms with Gasteiger partial charge in [0.2, 0.25) is 6.04 Å². The van der Waals surface area contributed by atoms with Crippen molar-refractivity contribution < 1.29 is 28.5 Å². The van der Waals surface area contributed by atoms with Gasteiger partial charge in [-0.15, -0.1) is 5.11 Å². The first-order valence-corrected chi connectivity index (χ1v) is 11.4. The highest BCUT2D eigenvalue weighted by molar-refractivity contribution is 6.32. The second-order valence-corrected chi connectivity index (χ2v) is 7.25. The van der Waals surface area contributed by atoms with Gasteiger partial charge in [0, 0.05) is 11.8 Å². The summed E-state index contributed by atoms with van der Waals surface area (Å²) in [5.41, 5.74) is 0.626. The molecule has 10 heteroatoms. The minimum Gasteiger partial charge on any atom is -0.491 e. The SMILES string of the molecule is CCOc1cccc(OCC)c1N=NC(C(C)=O)C(=O)Nc1cc(Cl)c(OCC)c(OCC)c1. The standard InChI is InChI=1S/C24H30ClN3O6/c1-6-31-18-11-10-12-19(32-7-2)22(18)28-27-21(15(5)29)24(30)26-16-13-17(25)23(34-9-4)20(14-16)33-8-3/h10-14,21H,6-9H2,1-5H3,(H,26,30). The van der Waals surface area contributed by atoms with Gasteiger partial charge in [0.15, 0.2) is 34.5 Å². The van der Waals surface area contributed by atoms with Crippen LogP contribution in [0.2, 0.25) is 5.02 Å². The predicted octanol–water partition coefficient (Wildman–Crippen LogP) is 5.61. The Labute approximate surface area is 204 Å². The fourth-order valence-corrected chi connectivity index (χ4v) is 3.24. The minimum atomic E-state index is -1.40. The molecule has 9 nitrogen and oxygen atoms in total. The van der Waals surface area contributed by atoms with Crippen LogP contribution in [0.15, 0.2) is 40.6 Å². The van der Waals surface area contributed by atoms with Crippen LogP contribution in [-0.4, -0.2) is 44.2 Å². The van der Waals surface area contributed by atoms with Crippen molar-refractivity contribution in [2.75, 3.05) is 31.7 Å². The number of hydrogen-bond donors (Lipinski definition) is 1. The summed E-state index contributed by atoms with van der Waals surface area (Å²) in [5, 5.41) is 11.1. The summed E-state index contributed by atoms with van der Waals surface area (Å²) in [5.74, 6) is 0.447. The number of rotatable bonds is 13. The average molecular weight is 492 g/mol. The van der Waals surface area contributed by atoms with Crippen molar-refractivity contribution in [3.05, 3.63) is 35.4 Å². The van der Waals surface area contributed by atoms with Crippen molar-refractivity contribution >= 4 is 34.7 Å². The molecule has 2 rings (SSSR count). The number of nitrogens with one attached hydrogen (secondary N) is 1. The van der Waals surface area contributed by atoms with Gasteiger partial charge in [-0.3, -0.25) is 9.59 Å². The summed E-state index contributed by atoms with van der Waals surface area (Å²) < 4.78 is 22.3. The van der Waals surface area contributed by atoms with E-state index in [1.54, 1.807) is 24.3 Å². The quantitative estimate of drug-likeness (QED) is 0.288. The van der Waals surface area contributed by atoms with E-state index in [1.807, 2.05) is 27.7 Å². The fourth-order valence-electron chi connectivity index (χ4n) is 2.98. The molecule has 1 amide bonds. The van der Waals surface area contributed by atoms with E-state index in [0.717, 1.165) is 0 Å². The molecule has 2 aromatic carbocycles. The Bertz CT molecular complexity index is 1000. The lowest BCUT2D eigenvalue weighted by Crippen LogP contribution is -2.31. The van der Waals surface area contributed by atoms with E-state index in [4.69, 9.17) is 30.5 Å². The molecule has 0 heterocycles. The van der Waals surface area contributed by atoms with Gasteiger partial charge in [-0.05, 0) is 52.8 Å². The van der Waals surface area contributed by atoms with Gasteiger partial charge in [0.1, 0.15) is 0 Å². The zero-order valence-electron chi connectivity index (χ0n) is 20.0. The highest BCUT2D eigenvalue weighted by Gasteiger charge is 2.25. The highest BCUT2D eigenvalue weighted by Crippen LogP contribution is 2.39.